The molecule has 0 aliphatic heterocycles. The Morgan fingerprint density at radius 1 is 1.08 bits per heavy atom. The van der Waals surface area contributed by atoms with Crippen molar-refractivity contribution in [1.82, 2.24) is 5.43 Å². The number of rotatable bonds is 5. The fraction of sp³-hybridized carbons (Fsp3) is 0.167. The van der Waals surface area contributed by atoms with Crippen LogP contribution in [0.2, 0.25) is 10.0 Å². The highest BCUT2D eigenvalue weighted by molar-refractivity contribution is 6.42. The second kappa shape index (κ2) is 8.69. The number of carbonyl (C=O) groups excluding carboxylic acids is 2. The summed E-state index contributed by atoms with van der Waals surface area (Å²) >= 11 is 11.7. The van der Waals surface area contributed by atoms with Crippen LogP contribution >= 0.6 is 23.2 Å². The fourth-order valence-electron chi connectivity index (χ4n) is 2.21. The van der Waals surface area contributed by atoms with Gasteiger partial charge in [-0.05, 0) is 60.9 Å². The van der Waals surface area contributed by atoms with Crippen molar-refractivity contribution in [1.29, 1.82) is 0 Å². The first-order valence-corrected chi connectivity index (χ1v) is 8.39. The number of halogens is 2. The number of nitrogens with zero attached hydrogens (tertiary/aromatic N) is 1. The molecule has 2 aromatic carbocycles. The van der Waals surface area contributed by atoms with Crippen molar-refractivity contribution in [3.8, 4) is 5.75 Å². The second-order valence-electron chi connectivity index (χ2n) is 5.65. The summed E-state index contributed by atoms with van der Waals surface area (Å²) in [4.78, 5) is 23.6. The second-order valence-corrected chi connectivity index (χ2v) is 6.46. The van der Waals surface area contributed by atoms with E-state index in [-0.39, 0.29) is 5.75 Å². The van der Waals surface area contributed by atoms with Crippen LogP contribution in [0, 0.1) is 13.8 Å². The number of carbonyl (C=O) groups is 2. The standard InChI is InChI=1S/C18H17Cl2N3O3/c1-10-5-12(6-11(2)18(10)26)9-21-23-17(25)8-16(24)22-13-3-4-14(19)15(20)7-13/h3-7,9,26H,8H2,1-2H3,(H,22,24)(H,23,25). The van der Waals surface area contributed by atoms with Crippen LogP contribution in [0.1, 0.15) is 23.1 Å². The fourth-order valence-corrected chi connectivity index (χ4v) is 2.51. The number of hydrogen-bond donors (Lipinski definition) is 3. The molecule has 6 nitrogen and oxygen atoms in total. The molecule has 0 aliphatic rings. The molecule has 0 aliphatic carbocycles. The summed E-state index contributed by atoms with van der Waals surface area (Å²) in [5.41, 5.74) is 4.86. The third-order valence-electron chi connectivity index (χ3n) is 3.44. The molecule has 2 aromatic rings. The van der Waals surface area contributed by atoms with Gasteiger partial charge >= 0.3 is 0 Å². The summed E-state index contributed by atoms with van der Waals surface area (Å²) in [6.45, 7) is 3.54. The van der Waals surface area contributed by atoms with Gasteiger partial charge in [0.1, 0.15) is 12.2 Å². The number of hydrazone groups is 1. The van der Waals surface area contributed by atoms with E-state index in [4.69, 9.17) is 23.2 Å². The van der Waals surface area contributed by atoms with Crippen molar-refractivity contribution in [3.63, 3.8) is 0 Å². The maximum Gasteiger partial charge on any atom is 0.249 e. The number of nitrogens with one attached hydrogen (secondary N) is 2. The van der Waals surface area contributed by atoms with E-state index in [2.05, 4.69) is 15.8 Å². The van der Waals surface area contributed by atoms with Gasteiger partial charge in [-0.25, -0.2) is 5.43 Å². The SMILES string of the molecule is Cc1cc(C=NNC(=O)CC(=O)Nc2ccc(Cl)c(Cl)c2)cc(C)c1O. The first kappa shape index (κ1) is 19.8. The Kier molecular flexibility index (Phi) is 6.60. The molecule has 0 aromatic heterocycles. The molecule has 0 atom stereocenters. The Morgan fingerprint density at radius 3 is 2.35 bits per heavy atom. The maximum atomic E-state index is 11.9. The van der Waals surface area contributed by atoms with Crippen LogP contribution in [0.25, 0.3) is 0 Å². The molecule has 2 rings (SSSR count). The van der Waals surface area contributed by atoms with Gasteiger partial charge in [-0.3, -0.25) is 9.59 Å². The van der Waals surface area contributed by atoms with E-state index in [9.17, 15) is 14.7 Å². The smallest absolute Gasteiger partial charge is 0.249 e. The highest BCUT2D eigenvalue weighted by atomic mass is 35.5. The molecule has 0 saturated heterocycles. The van der Waals surface area contributed by atoms with E-state index in [1.165, 1.54) is 12.3 Å². The average Bonchev–Trinajstić information content (AvgIpc) is 2.55. The number of amides is 2. The Hall–Kier alpha value is -2.57. The summed E-state index contributed by atoms with van der Waals surface area (Å²) in [5.74, 6) is -0.844. The molecule has 3 N–H and O–H groups in total. The van der Waals surface area contributed by atoms with Gasteiger partial charge in [0.2, 0.25) is 11.8 Å². The zero-order chi connectivity index (χ0) is 19.3. The van der Waals surface area contributed by atoms with Crippen LogP contribution in [-0.2, 0) is 9.59 Å². The van der Waals surface area contributed by atoms with Gasteiger partial charge in [0.25, 0.3) is 0 Å². The summed E-state index contributed by atoms with van der Waals surface area (Å²) in [5, 5.41) is 16.8. The highest BCUT2D eigenvalue weighted by Crippen LogP contribution is 2.25. The van der Waals surface area contributed by atoms with Crippen molar-refractivity contribution in [3.05, 3.63) is 57.1 Å². The Labute approximate surface area is 160 Å². The lowest BCUT2D eigenvalue weighted by molar-refractivity contribution is -0.126. The molecule has 0 fully saturated rings. The molecule has 2 amide bonds. The number of benzene rings is 2. The normalized spacial score (nSPS) is 10.8. The van der Waals surface area contributed by atoms with Gasteiger partial charge in [-0.2, -0.15) is 5.10 Å². The Morgan fingerprint density at radius 2 is 1.73 bits per heavy atom. The van der Waals surface area contributed by atoms with Gasteiger partial charge in [-0.1, -0.05) is 23.2 Å². The maximum absolute atomic E-state index is 11.9. The van der Waals surface area contributed by atoms with Gasteiger partial charge in [0.15, 0.2) is 0 Å². The van der Waals surface area contributed by atoms with Crippen molar-refractivity contribution >= 4 is 46.9 Å². The van der Waals surface area contributed by atoms with E-state index in [1.54, 1.807) is 38.1 Å². The van der Waals surface area contributed by atoms with Crippen LogP contribution in [0.15, 0.2) is 35.4 Å². The molecule has 0 spiro atoms. The minimum absolute atomic E-state index is 0.227. The van der Waals surface area contributed by atoms with Crippen LogP contribution in [0.3, 0.4) is 0 Å². The van der Waals surface area contributed by atoms with Crippen LogP contribution in [-0.4, -0.2) is 23.1 Å². The van der Waals surface area contributed by atoms with Crippen LogP contribution < -0.4 is 10.7 Å². The molecular weight excluding hydrogens is 377 g/mol. The predicted octanol–water partition coefficient (Wildman–Crippen LogP) is 3.79. The first-order chi connectivity index (χ1) is 12.3. The van der Waals surface area contributed by atoms with E-state index in [1.807, 2.05) is 0 Å². The number of phenols is 1. The van der Waals surface area contributed by atoms with Gasteiger partial charge in [0, 0.05) is 5.69 Å². The largest absolute Gasteiger partial charge is 0.507 e. The monoisotopic (exact) mass is 393 g/mol. The molecular formula is C18H17Cl2N3O3. The number of hydrogen-bond acceptors (Lipinski definition) is 4. The minimum Gasteiger partial charge on any atom is -0.507 e. The summed E-state index contributed by atoms with van der Waals surface area (Å²) in [7, 11) is 0. The summed E-state index contributed by atoms with van der Waals surface area (Å²) in [6, 6.07) is 8.08. The van der Waals surface area contributed by atoms with E-state index >= 15 is 0 Å². The number of aromatic hydroxyl groups is 1. The zero-order valence-electron chi connectivity index (χ0n) is 14.1. The molecule has 0 unspecified atom stereocenters. The predicted molar refractivity (Wildman–Crippen MR) is 103 cm³/mol. The molecule has 8 heteroatoms. The Bertz CT molecular complexity index is 859. The van der Waals surface area contributed by atoms with E-state index in [0.717, 1.165) is 5.56 Å². The van der Waals surface area contributed by atoms with Crippen molar-refractivity contribution < 1.29 is 14.7 Å². The quantitative estimate of drug-likeness (QED) is 0.409. The van der Waals surface area contributed by atoms with E-state index in [0.29, 0.717) is 26.9 Å². The lowest BCUT2D eigenvalue weighted by Crippen LogP contribution is -2.24. The summed E-state index contributed by atoms with van der Waals surface area (Å²) in [6.07, 6.45) is 1.04. The first-order valence-electron chi connectivity index (χ1n) is 7.63. The Balaban J connectivity index is 1.88. The van der Waals surface area contributed by atoms with Gasteiger partial charge in [0.05, 0.1) is 16.3 Å². The molecule has 136 valence electrons. The minimum atomic E-state index is -0.564. The molecule has 0 radical (unpaired) electrons. The van der Waals surface area contributed by atoms with Crippen molar-refractivity contribution in [2.24, 2.45) is 5.10 Å². The van der Waals surface area contributed by atoms with Gasteiger partial charge in [-0.15, -0.1) is 0 Å². The lowest BCUT2D eigenvalue weighted by atomic mass is 10.1. The zero-order valence-corrected chi connectivity index (χ0v) is 15.6. The molecule has 0 bridgehead atoms. The topological polar surface area (TPSA) is 90.8 Å². The number of anilines is 1. The van der Waals surface area contributed by atoms with E-state index < -0.39 is 18.2 Å². The third kappa shape index (κ3) is 5.47. The molecule has 26 heavy (non-hydrogen) atoms. The molecule has 0 saturated carbocycles. The summed E-state index contributed by atoms with van der Waals surface area (Å²) < 4.78 is 0. The number of aryl methyl sites for hydroxylation is 2. The van der Waals surface area contributed by atoms with Crippen LogP contribution in [0.5, 0.6) is 5.75 Å². The third-order valence-corrected chi connectivity index (χ3v) is 4.18. The van der Waals surface area contributed by atoms with Gasteiger partial charge < -0.3 is 10.4 Å². The average molecular weight is 394 g/mol. The van der Waals surface area contributed by atoms with Crippen molar-refractivity contribution in [2.45, 2.75) is 20.3 Å². The highest BCUT2D eigenvalue weighted by Gasteiger charge is 2.10. The van der Waals surface area contributed by atoms with Crippen molar-refractivity contribution in [2.75, 3.05) is 5.32 Å². The van der Waals surface area contributed by atoms with Crippen LogP contribution in [0.4, 0.5) is 5.69 Å². The molecule has 0 heterocycles. The number of phenolic OH excluding ortho intramolecular Hbond substituents is 1. The lowest BCUT2D eigenvalue weighted by Gasteiger charge is -2.06.